The van der Waals surface area contributed by atoms with E-state index in [4.69, 9.17) is 19.7 Å². The highest BCUT2D eigenvalue weighted by molar-refractivity contribution is 7.18. The van der Waals surface area contributed by atoms with E-state index in [-0.39, 0.29) is 12.2 Å². The molecule has 1 aliphatic rings. The van der Waals surface area contributed by atoms with Crippen molar-refractivity contribution in [3.8, 4) is 17.6 Å². The zero-order valence-corrected chi connectivity index (χ0v) is 16.7. The number of methoxy groups -OCH3 is 1. The normalized spacial score (nSPS) is 14.3. The summed E-state index contributed by atoms with van der Waals surface area (Å²) in [4.78, 5) is 19.7. The minimum absolute atomic E-state index is 0.0351. The van der Waals surface area contributed by atoms with Crippen molar-refractivity contribution in [1.82, 2.24) is 9.55 Å². The molecule has 1 aliphatic heterocycles. The Morgan fingerprint density at radius 3 is 2.93 bits per heavy atom. The molecule has 0 radical (unpaired) electrons. The highest BCUT2D eigenvalue weighted by Gasteiger charge is 2.23. The molecule has 7 heteroatoms. The van der Waals surface area contributed by atoms with Gasteiger partial charge in [0.1, 0.15) is 16.7 Å². The maximum atomic E-state index is 12.9. The molecule has 0 amide bonds. The SMILES string of the molecule is COc1cc(/C=C2\CCn3c2nc2sc(C)c(C)c2c3=O)ccc1OCC#N. The molecule has 28 heavy (non-hydrogen) atoms. The molecule has 0 spiro atoms. The Kier molecular flexibility index (Phi) is 4.65. The third-order valence-corrected chi connectivity index (χ3v) is 6.10. The van der Waals surface area contributed by atoms with E-state index in [1.807, 2.05) is 38.1 Å². The molecule has 2 aromatic heterocycles. The van der Waals surface area contributed by atoms with Gasteiger partial charge in [0.05, 0.1) is 12.5 Å². The lowest BCUT2D eigenvalue weighted by Gasteiger charge is -2.09. The van der Waals surface area contributed by atoms with Crippen molar-refractivity contribution in [2.24, 2.45) is 0 Å². The topological polar surface area (TPSA) is 77.1 Å². The average Bonchev–Trinajstić information content (AvgIpc) is 3.22. The third-order valence-electron chi connectivity index (χ3n) is 5.00. The van der Waals surface area contributed by atoms with Crippen LogP contribution < -0.4 is 15.0 Å². The number of rotatable bonds is 4. The van der Waals surface area contributed by atoms with Crippen molar-refractivity contribution in [1.29, 1.82) is 5.26 Å². The number of thiophene rings is 1. The minimum Gasteiger partial charge on any atom is -0.493 e. The smallest absolute Gasteiger partial charge is 0.262 e. The van der Waals surface area contributed by atoms with Crippen LogP contribution in [-0.4, -0.2) is 23.3 Å². The van der Waals surface area contributed by atoms with Gasteiger partial charge in [-0.05, 0) is 55.2 Å². The predicted molar refractivity (Wildman–Crippen MR) is 110 cm³/mol. The minimum atomic E-state index is -0.0351. The van der Waals surface area contributed by atoms with Crippen LogP contribution in [0.4, 0.5) is 0 Å². The van der Waals surface area contributed by atoms with Crippen LogP contribution >= 0.6 is 11.3 Å². The number of nitrogens with zero attached hydrogens (tertiary/aromatic N) is 3. The van der Waals surface area contributed by atoms with Crippen molar-refractivity contribution in [2.75, 3.05) is 13.7 Å². The average molecular weight is 393 g/mol. The van der Waals surface area contributed by atoms with Crippen molar-refractivity contribution in [2.45, 2.75) is 26.8 Å². The maximum absolute atomic E-state index is 12.9. The monoisotopic (exact) mass is 393 g/mol. The van der Waals surface area contributed by atoms with Crippen LogP contribution in [0.25, 0.3) is 21.9 Å². The maximum Gasteiger partial charge on any atom is 0.262 e. The van der Waals surface area contributed by atoms with Crippen LogP contribution in [-0.2, 0) is 6.54 Å². The van der Waals surface area contributed by atoms with Gasteiger partial charge >= 0.3 is 0 Å². The number of ether oxygens (including phenoxy) is 2. The first-order valence-corrected chi connectivity index (χ1v) is 9.74. The molecule has 0 aliphatic carbocycles. The fourth-order valence-electron chi connectivity index (χ4n) is 3.47. The Labute approximate surface area is 166 Å². The van der Waals surface area contributed by atoms with Gasteiger partial charge < -0.3 is 9.47 Å². The van der Waals surface area contributed by atoms with Crippen molar-refractivity contribution in [3.63, 3.8) is 0 Å². The summed E-state index contributed by atoms with van der Waals surface area (Å²) in [6, 6.07) is 7.50. The molecule has 3 heterocycles. The number of fused-ring (bicyclic) bond motifs is 2. The molecule has 142 valence electrons. The zero-order chi connectivity index (χ0) is 19.8. The Bertz CT molecular complexity index is 1210. The van der Waals surface area contributed by atoms with Gasteiger partial charge in [0, 0.05) is 11.4 Å². The molecule has 0 atom stereocenters. The Balaban J connectivity index is 1.77. The van der Waals surface area contributed by atoms with Crippen molar-refractivity contribution in [3.05, 3.63) is 50.4 Å². The van der Waals surface area contributed by atoms with Gasteiger partial charge in [-0.3, -0.25) is 9.36 Å². The van der Waals surface area contributed by atoms with Crippen LogP contribution in [0.1, 0.15) is 28.2 Å². The van der Waals surface area contributed by atoms with Gasteiger partial charge in [0.25, 0.3) is 5.56 Å². The second-order valence-corrected chi connectivity index (χ2v) is 7.84. The Hall–Kier alpha value is -3.11. The summed E-state index contributed by atoms with van der Waals surface area (Å²) in [6.07, 6.45) is 2.79. The molecule has 0 saturated carbocycles. The van der Waals surface area contributed by atoms with Crippen LogP contribution in [0, 0.1) is 25.2 Å². The van der Waals surface area contributed by atoms with Crippen LogP contribution in [0.5, 0.6) is 11.5 Å². The summed E-state index contributed by atoms with van der Waals surface area (Å²) in [5, 5.41) is 9.43. The van der Waals surface area contributed by atoms with E-state index in [0.717, 1.165) is 44.0 Å². The molecule has 0 bridgehead atoms. The standard InChI is InChI=1S/C21H19N3O3S/c1-12-13(2)28-20-18(12)21(25)24-8-6-15(19(24)23-20)10-14-4-5-16(27-9-7-22)17(11-14)26-3/h4-5,10-11H,6,8-9H2,1-3H3/b15-10+. The molecule has 6 nitrogen and oxygen atoms in total. The lowest BCUT2D eigenvalue weighted by atomic mass is 10.1. The summed E-state index contributed by atoms with van der Waals surface area (Å²) in [5.74, 6) is 1.83. The number of allylic oxidation sites excluding steroid dienone is 1. The summed E-state index contributed by atoms with van der Waals surface area (Å²) in [7, 11) is 1.57. The van der Waals surface area contributed by atoms with Gasteiger partial charge in [0.2, 0.25) is 0 Å². The highest BCUT2D eigenvalue weighted by Crippen LogP contribution is 2.34. The van der Waals surface area contributed by atoms with Crippen LogP contribution in [0.15, 0.2) is 23.0 Å². The number of hydrogen-bond acceptors (Lipinski definition) is 6. The van der Waals surface area contributed by atoms with E-state index >= 15 is 0 Å². The van der Waals surface area contributed by atoms with Gasteiger partial charge in [-0.2, -0.15) is 5.26 Å². The molecule has 0 N–H and O–H groups in total. The molecule has 1 aromatic carbocycles. The van der Waals surface area contributed by atoms with Crippen molar-refractivity contribution < 1.29 is 9.47 Å². The molecule has 4 rings (SSSR count). The molecule has 3 aromatic rings. The second kappa shape index (κ2) is 7.13. The Morgan fingerprint density at radius 1 is 1.36 bits per heavy atom. The summed E-state index contributed by atoms with van der Waals surface area (Å²) < 4.78 is 12.5. The zero-order valence-electron chi connectivity index (χ0n) is 15.9. The van der Waals surface area contributed by atoms with Gasteiger partial charge in [0.15, 0.2) is 18.1 Å². The number of nitriles is 1. The first kappa shape index (κ1) is 18.3. The fourth-order valence-corrected chi connectivity index (χ4v) is 4.48. The molecule has 0 unspecified atom stereocenters. The van der Waals surface area contributed by atoms with E-state index in [1.54, 1.807) is 29.1 Å². The summed E-state index contributed by atoms with van der Waals surface area (Å²) in [5.41, 5.74) is 3.03. The second-order valence-electron chi connectivity index (χ2n) is 6.63. The van der Waals surface area contributed by atoms with Crippen LogP contribution in [0.2, 0.25) is 0 Å². The summed E-state index contributed by atoms with van der Waals surface area (Å²) >= 11 is 1.57. The number of aromatic nitrogens is 2. The van der Waals surface area contributed by atoms with Crippen LogP contribution in [0.3, 0.4) is 0 Å². The number of benzene rings is 1. The van der Waals surface area contributed by atoms with E-state index in [9.17, 15) is 4.79 Å². The highest BCUT2D eigenvalue weighted by atomic mass is 32.1. The van der Waals surface area contributed by atoms with Gasteiger partial charge in [-0.1, -0.05) is 6.07 Å². The first-order chi connectivity index (χ1) is 13.5. The van der Waals surface area contributed by atoms with Crippen molar-refractivity contribution >= 4 is 33.2 Å². The van der Waals surface area contributed by atoms with E-state index in [1.165, 1.54) is 0 Å². The number of hydrogen-bond donors (Lipinski definition) is 0. The number of aryl methyl sites for hydroxylation is 2. The largest absolute Gasteiger partial charge is 0.493 e. The fraction of sp³-hybridized carbons (Fsp3) is 0.286. The molecule has 0 saturated heterocycles. The summed E-state index contributed by atoms with van der Waals surface area (Å²) in [6.45, 7) is 4.61. The lowest BCUT2D eigenvalue weighted by molar-refractivity contribution is 0.329. The predicted octanol–water partition coefficient (Wildman–Crippen LogP) is 3.93. The lowest BCUT2D eigenvalue weighted by Crippen LogP contribution is -2.20. The quantitative estimate of drug-likeness (QED) is 0.671. The first-order valence-electron chi connectivity index (χ1n) is 8.92. The molecule has 0 fully saturated rings. The molecular weight excluding hydrogens is 374 g/mol. The molecular formula is C21H19N3O3S. The van der Waals surface area contributed by atoms with Gasteiger partial charge in [-0.25, -0.2) is 4.98 Å². The van der Waals surface area contributed by atoms with Gasteiger partial charge in [-0.15, -0.1) is 11.3 Å². The van der Waals surface area contributed by atoms with E-state index < -0.39 is 0 Å². The van der Waals surface area contributed by atoms with E-state index in [2.05, 4.69) is 0 Å². The third kappa shape index (κ3) is 2.96. The Morgan fingerprint density at radius 2 is 2.18 bits per heavy atom. The van der Waals surface area contributed by atoms with E-state index in [0.29, 0.717) is 18.0 Å².